The highest BCUT2D eigenvalue weighted by Crippen LogP contribution is 2.22. The SMILES string of the molecule is C[C@@H](O)CNC(=O)[C@@H](Cc1ccc(F)c(F)c1)N(C)C(=O)[C@@H](Cc1ccc(-c2ccccc2)cc1)N(C)C(=O)C=CCC(C)(C)N. The first-order chi connectivity index (χ1) is 21.7. The van der Waals surface area contributed by atoms with Gasteiger partial charge in [-0.25, -0.2) is 8.78 Å². The molecule has 0 saturated heterocycles. The minimum absolute atomic E-state index is 0.0764. The molecule has 0 aliphatic carbocycles. The summed E-state index contributed by atoms with van der Waals surface area (Å²) in [4.78, 5) is 43.4. The molecule has 0 fully saturated rings. The molecule has 3 atom stereocenters. The number of hydrogen-bond acceptors (Lipinski definition) is 5. The fourth-order valence-electron chi connectivity index (χ4n) is 4.86. The van der Waals surface area contributed by atoms with E-state index in [9.17, 15) is 28.3 Å². The van der Waals surface area contributed by atoms with Crippen molar-refractivity contribution in [2.24, 2.45) is 5.73 Å². The third-order valence-corrected chi connectivity index (χ3v) is 7.60. The number of carbonyl (C=O) groups excluding carboxylic acids is 3. The van der Waals surface area contributed by atoms with E-state index < -0.39 is 53.1 Å². The van der Waals surface area contributed by atoms with Gasteiger partial charge in [-0.2, -0.15) is 0 Å². The predicted octanol–water partition coefficient (Wildman–Crippen LogP) is 4.25. The zero-order chi connectivity index (χ0) is 34.0. The number of carbonyl (C=O) groups is 3. The van der Waals surface area contributed by atoms with Crippen LogP contribution in [-0.4, -0.2) is 77.0 Å². The van der Waals surface area contributed by atoms with Crippen LogP contribution < -0.4 is 11.1 Å². The first kappa shape index (κ1) is 36.1. The number of aliphatic hydroxyl groups excluding tert-OH is 1. The zero-order valence-corrected chi connectivity index (χ0v) is 27.0. The van der Waals surface area contributed by atoms with Crippen LogP contribution in [0.2, 0.25) is 0 Å². The van der Waals surface area contributed by atoms with Crippen molar-refractivity contribution in [1.29, 1.82) is 0 Å². The van der Waals surface area contributed by atoms with Crippen molar-refractivity contribution in [3.63, 3.8) is 0 Å². The van der Waals surface area contributed by atoms with Crippen LogP contribution >= 0.6 is 0 Å². The molecule has 3 aromatic carbocycles. The second-order valence-corrected chi connectivity index (χ2v) is 12.3. The van der Waals surface area contributed by atoms with Crippen LogP contribution in [0, 0.1) is 11.6 Å². The molecular weight excluding hydrogens is 590 g/mol. The highest BCUT2D eigenvalue weighted by Gasteiger charge is 2.35. The number of nitrogens with one attached hydrogen (secondary N) is 1. The number of nitrogens with zero attached hydrogens (tertiary/aromatic N) is 2. The third-order valence-electron chi connectivity index (χ3n) is 7.60. The van der Waals surface area contributed by atoms with Gasteiger partial charge >= 0.3 is 0 Å². The van der Waals surface area contributed by atoms with Crippen molar-refractivity contribution in [1.82, 2.24) is 15.1 Å². The summed E-state index contributed by atoms with van der Waals surface area (Å²) in [7, 11) is 2.96. The van der Waals surface area contributed by atoms with Crippen LogP contribution in [0.15, 0.2) is 84.9 Å². The molecule has 0 aliphatic rings. The van der Waals surface area contributed by atoms with Gasteiger partial charge in [0.25, 0.3) is 0 Å². The van der Waals surface area contributed by atoms with Crippen molar-refractivity contribution in [2.45, 2.75) is 63.8 Å². The van der Waals surface area contributed by atoms with E-state index in [0.717, 1.165) is 28.8 Å². The molecule has 0 aliphatic heterocycles. The van der Waals surface area contributed by atoms with Crippen LogP contribution in [-0.2, 0) is 27.2 Å². The fourth-order valence-corrected chi connectivity index (χ4v) is 4.86. The minimum atomic E-state index is -1.16. The van der Waals surface area contributed by atoms with E-state index in [4.69, 9.17) is 5.73 Å². The summed E-state index contributed by atoms with van der Waals surface area (Å²) in [5.74, 6) is -3.66. The molecule has 3 rings (SSSR count). The summed E-state index contributed by atoms with van der Waals surface area (Å²) >= 11 is 0. The number of hydrogen-bond donors (Lipinski definition) is 3. The number of rotatable bonds is 14. The van der Waals surface area contributed by atoms with E-state index in [1.165, 1.54) is 43.0 Å². The maximum atomic E-state index is 14.2. The van der Waals surface area contributed by atoms with Crippen molar-refractivity contribution in [3.05, 3.63) is 108 Å². The average Bonchev–Trinajstić information content (AvgIpc) is 3.02. The monoisotopic (exact) mass is 634 g/mol. The Kier molecular flexibility index (Phi) is 12.7. The Morgan fingerprint density at radius 2 is 1.46 bits per heavy atom. The molecule has 10 heteroatoms. The van der Waals surface area contributed by atoms with Gasteiger partial charge in [-0.1, -0.05) is 66.7 Å². The molecule has 4 N–H and O–H groups in total. The topological polar surface area (TPSA) is 116 Å². The normalized spacial score (nSPS) is 13.6. The van der Waals surface area contributed by atoms with Gasteiger partial charge in [0.2, 0.25) is 17.7 Å². The van der Waals surface area contributed by atoms with Crippen LogP contribution in [0.5, 0.6) is 0 Å². The van der Waals surface area contributed by atoms with E-state index in [1.54, 1.807) is 6.08 Å². The van der Waals surface area contributed by atoms with Crippen molar-refractivity contribution < 1.29 is 28.3 Å². The molecule has 46 heavy (non-hydrogen) atoms. The van der Waals surface area contributed by atoms with E-state index in [-0.39, 0.29) is 19.4 Å². The van der Waals surface area contributed by atoms with Crippen molar-refractivity contribution >= 4 is 17.7 Å². The molecule has 0 unspecified atom stereocenters. The van der Waals surface area contributed by atoms with Gasteiger partial charge in [0.05, 0.1) is 6.10 Å². The molecule has 0 heterocycles. The zero-order valence-electron chi connectivity index (χ0n) is 27.0. The maximum Gasteiger partial charge on any atom is 0.246 e. The molecule has 246 valence electrons. The molecule has 0 spiro atoms. The highest BCUT2D eigenvalue weighted by molar-refractivity contribution is 5.95. The van der Waals surface area contributed by atoms with Crippen LogP contribution in [0.4, 0.5) is 8.78 Å². The van der Waals surface area contributed by atoms with E-state index in [1.807, 2.05) is 68.4 Å². The summed E-state index contributed by atoms with van der Waals surface area (Å²) in [5, 5.41) is 12.4. The van der Waals surface area contributed by atoms with Gasteiger partial charge in [-0.05, 0) is 67.7 Å². The van der Waals surface area contributed by atoms with Gasteiger partial charge < -0.3 is 26.0 Å². The highest BCUT2D eigenvalue weighted by atomic mass is 19.2. The number of halogens is 2. The van der Waals surface area contributed by atoms with Gasteiger partial charge in [0.1, 0.15) is 12.1 Å². The number of benzene rings is 3. The number of amides is 3. The molecule has 8 nitrogen and oxygen atoms in total. The lowest BCUT2D eigenvalue weighted by molar-refractivity contribution is -0.146. The fraction of sp³-hybridized carbons (Fsp3) is 0.361. The summed E-state index contributed by atoms with van der Waals surface area (Å²) in [5.41, 5.74) is 8.62. The third kappa shape index (κ3) is 10.6. The van der Waals surface area contributed by atoms with E-state index >= 15 is 0 Å². The minimum Gasteiger partial charge on any atom is -0.392 e. The van der Waals surface area contributed by atoms with Crippen molar-refractivity contribution in [2.75, 3.05) is 20.6 Å². The molecule has 3 amide bonds. The maximum absolute atomic E-state index is 14.2. The van der Waals surface area contributed by atoms with Crippen LogP contribution in [0.3, 0.4) is 0 Å². The predicted molar refractivity (Wildman–Crippen MR) is 175 cm³/mol. The summed E-state index contributed by atoms with van der Waals surface area (Å²) < 4.78 is 27.7. The Morgan fingerprint density at radius 3 is 2.04 bits per heavy atom. The lowest BCUT2D eigenvalue weighted by atomic mass is 9.98. The van der Waals surface area contributed by atoms with Gasteiger partial charge in [-0.3, -0.25) is 14.4 Å². The Balaban J connectivity index is 1.95. The van der Waals surface area contributed by atoms with E-state index in [2.05, 4.69) is 5.32 Å². The standard InChI is InChI=1S/C36H44F2N4O4/c1-24(43)23-40-34(45)31(22-26-15-18-29(37)30(38)20-26)42(5)35(46)32(41(4)33(44)12-9-19-36(2,3)39)21-25-13-16-28(17-14-25)27-10-7-6-8-11-27/h6-18,20,24,31-32,43H,19,21-23,39H2,1-5H3,(H,40,45)/t24-,31-,32-/m1/s1. The summed E-state index contributed by atoms with van der Waals surface area (Å²) in [6.07, 6.45) is 2.63. The number of likely N-dealkylation sites (N-methyl/N-ethyl adjacent to an activating group) is 2. The Hall–Kier alpha value is -4.41. The molecule has 0 saturated carbocycles. The molecule has 0 radical (unpaired) electrons. The summed E-state index contributed by atoms with van der Waals surface area (Å²) in [6.45, 7) is 5.09. The molecule has 0 bridgehead atoms. The second-order valence-electron chi connectivity index (χ2n) is 12.3. The molecule has 0 aromatic heterocycles. The van der Waals surface area contributed by atoms with Gasteiger partial charge in [0, 0.05) is 39.0 Å². The Morgan fingerprint density at radius 1 is 0.870 bits per heavy atom. The largest absolute Gasteiger partial charge is 0.392 e. The number of nitrogens with two attached hydrogens (primary N) is 1. The smallest absolute Gasteiger partial charge is 0.246 e. The first-order valence-electron chi connectivity index (χ1n) is 15.2. The second kappa shape index (κ2) is 16.2. The Labute approximate surface area is 269 Å². The molecular formula is C36H44F2N4O4. The van der Waals surface area contributed by atoms with Crippen molar-refractivity contribution in [3.8, 4) is 11.1 Å². The Bertz CT molecular complexity index is 1500. The quantitative estimate of drug-likeness (QED) is 0.230. The molecule has 3 aromatic rings. The van der Waals surface area contributed by atoms with Gasteiger partial charge in [-0.15, -0.1) is 0 Å². The first-order valence-corrected chi connectivity index (χ1v) is 15.2. The lowest BCUT2D eigenvalue weighted by Crippen LogP contribution is -2.56. The number of aliphatic hydroxyl groups is 1. The average molecular weight is 635 g/mol. The van der Waals surface area contributed by atoms with E-state index in [0.29, 0.717) is 12.0 Å². The summed E-state index contributed by atoms with van der Waals surface area (Å²) in [6, 6.07) is 18.6. The lowest BCUT2D eigenvalue weighted by Gasteiger charge is -2.34. The van der Waals surface area contributed by atoms with Crippen LogP contribution in [0.1, 0.15) is 38.3 Å². The van der Waals surface area contributed by atoms with Crippen LogP contribution in [0.25, 0.3) is 11.1 Å². The van der Waals surface area contributed by atoms with Gasteiger partial charge in [0.15, 0.2) is 11.6 Å².